The summed E-state index contributed by atoms with van der Waals surface area (Å²) in [4.78, 5) is 11.2. The molecule has 4 nitrogen and oxygen atoms in total. The summed E-state index contributed by atoms with van der Waals surface area (Å²) in [6, 6.07) is 4.18. The fourth-order valence-electron chi connectivity index (χ4n) is 1.05. The van der Waals surface area contributed by atoms with Crippen molar-refractivity contribution in [1.29, 1.82) is 0 Å². The zero-order valence-electron chi connectivity index (χ0n) is 9.04. The fourth-order valence-corrected chi connectivity index (χ4v) is 1.05. The van der Waals surface area contributed by atoms with E-state index in [1.807, 2.05) is 0 Å². The summed E-state index contributed by atoms with van der Waals surface area (Å²) in [6.07, 6.45) is 0.196. The zero-order chi connectivity index (χ0) is 13.6. The molecule has 0 heterocycles. The molecule has 0 aliphatic rings. The van der Waals surface area contributed by atoms with Crippen molar-refractivity contribution in [3.63, 3.8) is 0 Å². The Hall–Kier alpha value is -2.36. The number of carbonyl (C=O) groups excluding carboxylic acids is 1. The number of anilines is 1. The van der Waals surface area contributed by atoms with Crippen molar-refractivity contribution in [2.45, 2.75) is 6.36 Å². The van der Waals surface area contributed by atoms with Gasteiger partial charge in [-0.3, -0.25) is 0 Å². The van der Waals surface area contributed by atoms with Gasteiger partial charge in [-0.2, -0.15) is 0 Å². The molecule has 7 heteroatoms. The number of terminal acetylenes is 1. The van der Waals surface area contributed by atoms with E-state index in [9.17, 15) is 18.0 Å². The second-order valence-corrected chi connectivity index (χ2v) is 3.08. The minimum absolute atomic E-state index is 0.0566. The van der Waals surface area contributed by atoms with Crippen LogP contribution in [0.2, 0.25) is 0 Å². The van der Waals surface area contributed by atoms with Gasteiger partial charge in [0.2, 0.25) is 0 Å². The van der Waals surface area contributed by atoms with E-state index in [1.165, 1.54) is 12.1 Å². The van der Waals surface area contributed by atoms with E-state index >= 15 is 0 Å². The van der Waals surface area contributed by atoms with Crippen molar-refractivity contribution in [2.24, 2.45) is 0 Å². The van der Waals surface area contributed by atoms with E-state index in [0.29, 0.717) is 5.69 Å². The average Bonchev–Trinajstić information content (AvgIpc) is 2.27. The number of hydrogen-bond donors (Lipinski definition) is 2. The third kappa shape index (κ3) is 5.12. The molecule has 1 rings (SSSR count). The third-order valence-electron chi connectivity index (χ3n) is 1.70. The summed E-state index contributed by atoms with van der Waals surface area (Å²) < 4.78 is 39.3. The van der Waals surface area contributed by atoms with Crippen molar-refractivity contribution in [1.82, 2.24) is 5.32 Å². The van der Waals surface area contributed by atoms with Crippen molar-refractivity contribution in [3.05, 3.63) is 24.3 Å². The van der Waals surface area contributed by atoms with Crippen LogP contribution < -0.4 is 15.4 Å². The first-order valence-electron chi connectivity index (χ1n) is 4.75. The summed E-state index contributed by atoms with van der Waals surface area (Å²) in [6.45, 7) is 0.0566. The maximum Gasteiger partial charge on any atom is 0.573 e. The van der Waals surface area contributed by atoms with Crippen molar-refractivity contribution >= 4 is 11.7 Å². The zero-order valence-corrected chi connectivity index (χ0v) is 9.04. The molecule has 0 aliphatic heterocycles. The van der Waals surface area contributed by atoms with Crippen molar-refractivity contribution in [3.8, 4) is 18.1 Å². The molecule has 0 bridgehead atoms. The summed E-state index contributed by atoms with van der Waals surface area (Å²) in [5.74, 6) is 1.84. The second-order valence-electron chi connectivity index (χ2n) is 3.08. The topological polar surface area (TPSA) is 50.4 Å². The molecule has 0 unspecified atom stereocenters. The number of urea groups is 1. The van der Waals surface area contributed by atoms with Gasteiger partial charge in [0.25, 0.3) is 0 Å². The van der Waals surface area contributed by atoms with E-state index in [-0.39, 0.29) is 12.3 Å². The van der Waals surface area contributed by atoms with E-state index < -0.39 is 12.4 Å². The van der Waals surface area contributed by atoms with Crippen LogP contribution in [0, 0.1) is 12.3 Å². The normalized spacial score (nSPS) is 10.3. The smallest absolute Gasteiger partial charge is 0.406 e. The minimum Gasteiger partial charge on any atom is -0.406 e. The Kier molecular flexibility index (Phi) is 4.43. The average molecular weight is 258 g/mol. The highest BCUT2D eigenvalue weighted by Crippen LogP contribution is 2.23. The lowest BCUT2D eigenvalue weighted by Gasteiger charge is -2.09. The van der Waals surface area contributed by atoms with Gasteiger partial charge in [0.05, 0.1) is 6.54 Å². The van der Waals surface area contributed by atoms with E-state index in [2.05, 4.69) is 21.3 Å². The number of hydrogen-bond acceptors (Lipinski definition) is 2. The molecule has 0 saturated carbocycles. The minimum atomic E-state index is -4.74. The van der Waals surface area contributed by atoms with Crippen LogP contribution in [0.3, 0.4) is 0 Å². The van der Waals surface area contributed by atoms with Crippen LogP contribution in [0.25, 0.3) is 0 Å². The van der Waals surface area contributed by atoms with Gasteiger partial charge >= 0.3 is 12.4 Å². The van der Waals surface area contributed by atoms with Gasteiger partial charge < -0.3 is 15.4 Å². The predicted octanol–water partition coefficient (Wildman–Crippen LogP) is 2.34. The molecule has 0 radical (unpaired) electrons. The number of rotatable bonds is 3. The number of halogens is 3. The highest BCUT2D eigenvalue weighted by atomic mass is 19.4. The Balaban J connectivity index is 2.56. The molecule has 1 aromatic rings. The molecule has 2 amide bonds. The van der Waals surface area contributed by atoms with Gasteiger partial charge in [0.1, 0.15) is 5.75 Å². The first-order valence-corrected chi connectivity index (χ1v) is 4.75. The SMILES string of the molecule is C#CCNC(=O)Nc1ccc(OC(F)(F)F)cc1. The lowest BCUT2D eigenvalue weighted by Crippen LogP contribution is -2.28. The number of amides is 2. The molecule has 0 spiro atoms. The quantitative estimate of drug-likeness (QED) is 0.817. The van der Waals surface area contributed by atoms with Crippen LogP contribution >= 0.6 is 0 Å². The van der Waals surface area contributed by atoms with Crippen molar-refractivity contribution < 1.29 is 22.7 Å². The maximum absolute atomic E-state index is 11.9. The number of carbonyl (C=O) groups is 1. The second kappa shape index (κ2) is 5.82. The molecule has 2 N–H and O–H groups in total. The molecule has 0 aliphatic carbocycles. The molecule has 0 saturated heterocycles. The largest absolute Gasteiger partial charge is 0.573 e. The molecular weight excluding hydrogens is 249 g/mol. The number of benzene rings is 1. The van der Waals surface area contributed by atoms with E-state index in [0.717, 1.165) is 12.1 Å². The molecule has 18 heavy (non-hydrogen) atoms. The van der Waals surface area contributed by atoms with Gasteiger partial charge in [-0.05, 0) is 24.3 Å². The monoisotopic (exact) mass is 258 g/mol. The van der Waals surface area contributed by atoms with Gasteiger partial charge in [-0.15, -0.1) is 19.6 Å². The van der Waals surface area contributed by atoms with Gasteiger partial charge in [-0.1, -0.05) is 5.92 Å². The molecule has 1 aromatic carbocycles. The molecular formula is C11H9F3N2O2. The van der Waals surface area contributed by atoms with Crippen molar-refractivity contribution in [2.75, 3.05) is 11.9 Å². The number of nitrogens with one attached hydrogen (secondary N) is 2. The highest BCUT2D eigenvalue weighted by molar-refractivity contribution is 5.89. The third-order valence-corrected chi connectivity index (χ3v) is 1.70. The van der Waals surface area contributed by atoms with Crippen LogP contribution in [0.15, 0.2) is 24.3 Å². The van der Waals surface area contributed by atoms with Gasteiger partial charge in [-0.25, -0.2) is 4.79 Å². The summed E-state index contributed by atoms with van der Waals surface area (Å²) in [7, 11) is 0. The molecule has 0 atom stereocenters. The Morgan fingerprint density at radius 1 is 1.33 bits per heavy atom. The Labute approximate surface area is 101 Å². The maximum atomic E-state index is 11.9. The fraction of sp³-hybridized carbons (Fsp3) is 0.182. The first-order chi connectivity index (χ1) is 8.40. The van der Waals surface area contributed by atoms with Crippen LogP contribution in [0.5, 0.6) is 5.75 Å². The van der Waals surface area contributed by atoms with Gasteiger partial charge in [0.15, 0.2) is 0 Å². The Morgan fingerprint density at radius 3 is 2.44 bits per heavy atom. The van der Waals surface area contributed by atoms with Gasteiger partial charge in [0, 0.05) is 5.69 Å². The Morgan fingerprint density at radius 2 is 1.94 bits per heavy atom. The Bertz CT molecular complexity index is 449. The summed E-state index contributed by atoms with van der Waals surface area (Å²) in [5, 5.41) is 4.72. The highest BCUT2D eigenvalue weighted by Gasteiger charge is 2.30. The predicted molar refractivity (Wildman–Crippen MR) is 59.0 cm³/mol. The number of alkyl halides is 3. The summed E-state index contributed by atoms with van der Waals surface area (Å²) >= 11 is 0. The molecule has 0 aromatic heterocycles. The molecule has 0 fully saturated rings. The van der Waals surface area contributed by atoms with E-state index in [1.54, 1.807) is 0 Å². The molecule has 96 valence electrons. The lowest BCUT2D eigenvalue weighted by atomic mass is 10.3. The lowest BCUT2D eigenvalue weighted by molar-refractivity contribution is -0.274. The van der Waals surface area contributed by atoms with Crippen LogP contribution in [0.1, 0.15) is 0 Å². The summed E-state index contributed by atoms with van der Waals surface area (Å²) in [5.41, 5.74) is 0.319. The first kappa shape index (κ1) is 13.7. The van der Waals surface area contributed by atoms with Crippen LogP contribution in [-0.4, -0.2) is 18.9 Å². The van der Waals surface area contributed by atoms with E-state index in [4.69, 9.17) is 6.42 Å². The van der Waals surface area contributed by atoms with Crippen LogP contribution in [-0.2, 0) is 0 Å². The van der Waals surface area contributed by atoms with Crippen LogP contribution in [0.4, 0.5) is 23.7 Å². The number of ether oxygens (including phenoxy) is 1. The standard InChI is InChI=1S/C11H9F3N2O2/c1-2-7-15-10(17)16-8-3-5-9(6-4-8)18-11(12,13)14/h1,3-6H,7H2,(H2,15,16,17).